The molecule has 4 nitrogen and oxygen atoms in total. The third-order valence-corrected chi connectivity index (χ3v) is 3.40. The van der Waals surface area contributed by atoms with E-state index in [1.165, 1.54) is 0 Å². The largest absolute Gasteiger partial charge is 0.481 e. The number of aliphatic carboxylic acids is 1. The van der Waals surface area contributed by atoms with Crippen molar-refractivity contribution in [2.24, 2.45) is 0 Å². The van der Waals surface area contributed by atoms with Crippen molar-refractivity contribution in [3.8, 4) is 0 Å². The van der Waals surface area contributed by atoms with Gasteiger partial charge in [0.05, 0.1) is 18.5 Å². The minimum Gasteiger partial charge on any atom is -0.481 e. The average Bonchev–Trinajstić information content (AvgIpc) is 2.45. The summed E-state index contributed by atoms with van der Waals surface area (Å²) in [6.45, 7) is 0. The summed E-state index contributed by atoms with van der Waals surface area (Å²) in [5.74, 6) is -1.18. The molecule has 0 aliphatic carbocycles. The fourth-order valence-electron chi connectivity index (χ4n) is 0.912. The molecule has 1 rings (SSSR count). The van der Waals surface area contributed by atoms with Gasteiger partial charge in [-0.1, -0.05) is 0 Å². The van der Waals surface area contributed by atoms with Crippen LogP contribution in [0, 0.1) is 0 Å². The van der Waals surface area contributed by atoms with Crippen LogP contribution in [0.3, 0.4) is 0 Å². The lowest BCUT2D eigenvalue weighted by molar-refractivity contribution is -0.141. The highest BCUT2D eigenvalue weighted by Gasteiger charge is 2.35. The van der Waals surface area contributed by atoms with Gasteiger partial charge in [-0.2, -0.15) is 18.3 Å². The Hall–Kier alpha value is -0.370. The highest BCUT2D eigenvalue weighted by molar-refractivity contribution is 14.2. The van der Waals surface area contributed by atoms with Crippen molar-refractivity contribution in [3.63, 3.8) is 0 Å². The van der Waals surface area contributed by atoms with Crippen LogP contribution in [0.4, 0.5) is 13.2 Å². The molecule has 1 aromatic rings. The van der Waals surface area contributed by atoms with Crippen molar-refractivity contribution in [3.05, 3.63) is 17.5 Å². The van der Waals surface area contributed by atoms with E-state index in [2.05, 4.69) is 5.10 Å². The fraction of sp³-hybridized carbons (Fsp3) is 0.333. The van der Waals surface area contributed by atoms with Gasteiger partial charge in [0.2, 0.25) is 0 Å². The number of hydrogen-bond donors (Lipinski definition) is 1. The van der Waals surface area contributed by atoms with E-state index in [1.807, 2.05) is 22.0 Å². The minimum absolute atomic E-state index is 0.0579. The number of aromatic nitrogens is 2. The molecule has 0 bridgehead atoms. The van der Waals surface area contributed by atoms with E-state index in [0.29, 0.717) is 0 Å². The SMILES string of the molecule is O=C(O)Cc1cc(C(F)(F)F)nn1PI. The first kappa shape index (κ1) is 12.7. The maximum Gasteiger partial charge on any atom is 0.435 e. The highest BCUT2D eigenvalue weighted by atomic mass is 127. The van der Waals surface area contributed by atoms with Crippen molar-refractivity contribution in [1.29, 1.82) is 0 Å². The van der Waals surface area contributed by atoms with E-state index in [9.17, 15) is 18.0 Å². The molecule has 0 saturated heterocycles. The first-order chi connectivity index (χ1) is 6.84. The van der Waals surface area contributed by atoms with Crippen LogP contribution in [-0.4, -0.2) is 20.6 Å². The third kappa shape index (κ3) is 3.30. The Kier molecular flexibility index (Phi) is 3.93. The van der Waals surface area contributed by atoms with Crippen LogP contribution in [0.25, 0.3) is 0 Å². The number of hydrogen-bond acceptors (Lipinski definition) is 2. The third-order valence-electron chi connectivity index (χ3n) is 1.49. The van der Waals surface area contributed by atoms with Crippen LogP contribution < -0.4 is 0 Å². The van der Waals surface area contributed by atoms with Crippen molar-refractivity contribution in [2.45, 2.75) is 12.6 Å². The second-order valence-corrected chi connectivity index (χ2v) is 4.63. The summed E-state index contributed by atoms with van der Waals surface area (Å²) in [6.07, 6.45) is -5.05. The normalized spacial score (nSPS) is 12.5. The number of rotatable bonds is 3. The number of halogens is 4. The van der Waals surface area contributed by atoms with E-state index < -0.39 is 24.3 Å². The number of carbonyl (C=O) groups is 1. The molecule has 0 aromatic carbocycles. The Labute approximate surface area is 97.2 Å². The number of alkyl halides is 3. The minimum atomic E-state index is -4.53. The van der Waals surface area contributed by atoms with Crippen molar-refractivity contribution < 1.29 is 23.1 Å². The Morgan fingerprint density at radius 1 is 1.67 bits per heavy atom. The summed E-state index contributed by atoms with van der Waals surface area (Å²) in [5, 5.41) is 11.8. The quantitative estimate of drug-likeness (QED) is 0.671. The summed E-state index contributed by atoms with van der Waals surface area (Å²) in [7, 11) is 0. The van der Waals surface area contributed by atoms with Gasteiger partial charge in [0.1, 0.15) is 0 Å². The molecule has 0 saturated carbocycles. The van der Waals surface area contributed by atoms with Gasteiger partial charge in [-0.3, -0.25) is 4.79 Å². The molecule has 1 atom stereocenters. The van der Waals surface area contributed by atoms with E-state index in [4.69, 9.17) is 5.11 Å². The Morgan fingerprint density at radius 2 is 2.27 bits per heavy atom. The molecule has 84 valence electrons. The van der Waals surface area contributed by atoms with Crippen molar-refractivity contribution in [2.75, 3.05) is 0 Å². The lowest BCUT2D eigenvalue weighted by Gasteiger charge is -2.00. The van der Waals surface area contributed by atoms with Gasteiger partial charge in [0.15, 0.2) is 5.69 Å². The molecule has 0 radical (unpaired) electrons. The molecule has 1 N–H and O–H groups in total. The topological polar surface area (TPSA) is 55.1 Å². The van der Waals surface area contributed by atoms with Gasteiger partial charge < -0.3 is 5.11 Å². The molecule has 0 aliphatic heterocycles. The predicted molar refractivity (Wildman–Crippen MR) is 56.3 cm³/mol. The molecule has 1 unspecified atom stereocenters. The summed E-state index contributed by atoms with van der Waals surface area (Å²) < 4.78 is 37.8. The molecular formula is C6H5F3IN2O2P. The van der Waals surface area contributed by atoms with E-state index >= 15 is 0 Å². The first-order valence-corrected chi connectivity index (χ1v) is 7.65. The molecule has 9 heteroatoms. The van der Waals surface area contributed by atoms with Crippen LogP contribution >= 0.6 is 28.4 Å². The summed E-state index contributed by atoms with van der Waals surface area (Å²) in [4.78, 5) is 10.4. The van der Waals surface area contributed by atoms with E-state index in [1.54, 1.807) is 0 Å². The summed E-state index contributed by atoms with van der Waals surface area (Å²) in [5.41, 5.74) is -0.995. The first-order valence-electron chi connectivity index (χ1n) is 3.59. The molecule has 1 aromatic heterocycles. The number of nitrogens with zero attached hydrogens (tertiary/aromatic N) is 2. The van der Waals surface area contributed by atoms with Crippen LogP contribution in [0.5, 0.6) is 0 Å². The lowest BCUT2D eigenvalue weighted by atomic mass is 10.3. The molecule has 0 aliphatic rings. The zero-order valence-corrected chi connectivity index (χ0v) is 10.2. The smallest absolute Gasteiger partial charge is 0.435 e. The maximum atomic E-state index is 12.2. The van der Waals surface area contributed by atoms with Crippen molar-refractivity contribution >= 4 is 34.4 Å². The van der Waals surface area contributed by atoms with E-state index in [-0.39, 0.29) is 12.1 Å². The zero-order valence-electron chi connectivity index (χ0n) is 7.05. The number of carboxylic acid groups (broad SMARTS) is 1. The Morgan fingerprint density at radius 3 is 2.67 bits per heavy atom. The average molecular weight is 352 g/mol. The van der Waals surface area contributed by atoms with Crippen molar-refractivity contribution in [1.82, 2.24) is 9.55 Å². The van der Waals surface area contributed by atoms with E-state index in [0.717, 1.165) is 10.5 Å². The highest BCUT2D eigenvalue weighted by Crippen LogP contribution is 2.32. The van der Waals surface area contributed by atoms with Gasteiger partial charge >= 0.3 is 12.1 Å². The van der Waals surface area contributed by atoms with Gasteiger partial charge in [-0.25, -0.2) is 4.45 Å². The molecule has 15 heavy (non-hydrogen) atoms. The fourth-order valence-corrected chi connectivity index (χ4v) is 2.56. The van der Waals surface area contributed by atoms with Gasteiger partial charge in [-0.05, 0) is 28.1 Å². The van der Waals surface area contributed by atoms with Gasteiger partial charge in [0.25, 0.3) is 0 Å². The van der Waals surface area contributed by atoms with Gasteiger partial charge in [-0.15, -0.1) is 0 Å². The second kappa shape index (κ2) is 4.65. The van der Waals surface area contributed by atoms with Crippen LogP contribution in [-0.2, 0) is 17.4 Å². The molecule has 1 heterocycles. The number of carboxylic acids is 1. The maximum absolute atomic E-state index is 12.2. The van der Waals surface area contributed by atoms with Crippen LogP contribution in [0.15, 0.2) is 6.07 Å². The standard InChI is InChI=1S/C6H5F3IN2O2P/c7-6(8,9)4-1-3(2-5(13)14)12(11-4)15-10/h1,15H,2H2,(H,13,14). The Bertz CT molecular complexity index is 379. The second-order valence-electron chi connectivity index (χ2n) is 2.59. The molecule has 0 fully saturated rings. The van der Waals surface area contributed by atoms with Crippen LogP contribution in [0.1, 0.15) is 11.4 Å². The monoisotopic (exact) mass is 352 g/mol. The molecule has 0 amide bonds. The summed E-state index contributed by atoms with van der Waals surface area (Å²) in [6, 6.07) is 0.764. The molecule has 0 spiro atoms. The summed E-state index contributed by atoms with van der Waals surface area (Å²) >= 11 is 1.84. The lowest BCUT2D eigenvalue weighted by Crippen LogP contribution is -2.05. The van der Waals surface area contributed by atoms with Crippen LogP contribution in [0.2, 0.25) is 0 Å². The predicted octanol–water partition coefficient (Wildman–Crippen LogP) is 2.32. The van der Waals surface area contributed by atoms with Gasteiger partial charge in [0, 0.05) is 0 Å². The zero-order chi connectivity index (χ0) is 11.6. The Balaban J connectivity index is 3.06. The molecular weight excluding hydrogens is 347 g/mol.